The largest absolute Gasteiger partial charge is 0.462 e. The normalized spacial score (nSPS) is 12.5. The van der Waals surface area contributed by atoms with Gasteiger partial charge in [0.1, 0.15) is 13.2 Å². The molecule has 0 aliphatic heterocycles. The summed E-state index contributed by atoms with van der Waals surface area (Å²) < 4.78 is 16.9. The van der Waals surface area contributed by atoms with Crippen LogP contribution in [0.25, 0.3) is 0 Å². The molecule has 0 radical (unpaired) electrons. The maximum absolute atomic E-state index is 12.9. The summed E-state index contributed by atoms with van der Waals surface area (Å²) >= 11 is 0. The molecule has 6 heteroatoms. The minimum atomic E-state index is -0.764. The van der Waals surface area contributed by atoms with Crippen LogP contribution in [0.5, 0.6) is 0 Å². The zero-order valence-electron chi connectivity index (χ0n) is 47.6. The second kappa shape index (κ2) is 54.2. The number of hydrogen-bond acceptors (Lipinski definition) is 6. The summed E-state index contributed by atoms with van der Waals surface area (Å²) in [6.07, 6.45) is 58.1. The molecule has 0 aliphatic rings. The van der Waals surface area contributed by atoms with E-state index in [2.05, 4.69) is 41.5 Å². The van der Waals surface area contributed by atoms with Gasteiger partial charge in [0.2, 0.25) is 0 Å². The van der Waals surface area contributed by atoms with Crippen molar-refractivity contribution in [2.24, 2.45) is 17.8 Å². The van der Waals surface area contributed by atoms with Gasteiger partial charge in [-0.2, -0.15) is 0 Å². The van der Waals surface area contributed by atoms with Crippen LogP contribution in [-0.2, 0) is 28.6 Å². The molecule has 6 nitrogen and oxygen atoms in total. The zero-order chi connectivity index (χ0) is 50.5. The lowest BCUT2D eigenvalue weighted by atomic mass is 9.99. The molecule has 0 rings (SSSR count). The van der Waals surface area contributed by atoms with Crippen LogP contribution in [0.2, 0.25) is 0 Å². The first-order valence-electron chi connectivity index (χ1n) is 31.1. The predicted molar refractivity (Wildman–Crippen MR) is 298 cm³/mol. The monoisotopic (exact) mass is 975 g/mol. The molecule has 0 saturated carbocycles. The lowest BCUT2D eigenvalue weighted by molar-refractivity contribution is -0.167. The van der Waals surface area contributed by atoms with Gasteiger partial charge < -0.3 is 14.2 Å². The summed E-state index contributed by atoms with van der Waals surface area (Å²) in [6.45, 7) is 13.8. The van der Waals surface area contributed by atoms with E-state index >= 15 is 0 Å². The van der Waals surface area contributed by atoms with Crippen molar-refractivity contribution in [2.75, 3.05) is 13.2 Å². The first-order valence-corrected chi connectivity index (χ1v) is 31.1. The quantitative estimate of drug-likeness (QED) is 0.0343. The van der Waals surface area contributed by atoms with Crippen molar-refractivity contribution in [1.29, 1.82) is 0 Å². The smallest absolute Gasteiger partial charge is 0.306 e. The number of ether oxygens (including phenoxy) is 3. The van der Waals surface area contributed by atoms with Gasteiger partial charge >= 0.3 is 17.9 Å². The molecule has 0 aromatic carbocycles. The van der Waals surface area contributed by atoms with E-state index in [1.807, 2.05) is 0 Å². The molecule has 0 aromatic heterocycles. The van der Waals surface area contributed by atoms with Gasteiger partial charge in [-0.05, 0) is 37.0 Å². The number of hydrogen-bond donors (Lipinski definition) is 0. The fourth-order valence-corrected chi connectivity index (χ4v) is 9.67. The van der Waals surface area contributed by atoms with E-state index in [9.17, 15) is 14.4 Å². The van der Waals surface area contributed by atoms with E-state index in [-0.39, 0.29) is 31.1 Å². The Morgan fingerprint density at radius 2 is 0.507 bits per heavy atom. The van der Waals surface area contributed by atoms with Crippen molar-refractivity contribution in [3.8, 4) is 0 Å². The zero-order valence-corrected chi connectivity index (χ0v) is 47.6. The molecule has 0 aliphatic carbocycles. The van der Waals surface area contributed by atoms with Gasteiger partial charge in [-0.3, -0.25) is 14.4 Å². The fourth-order valence-electron chi connectivity index (χ4n) is 9.67. The molecule has 69 heavy (non-hydrogen) atoms. The van der Waals surface area contributed by atoms with Crippen LogP contribution in [0.15, 0.2) is 0 Å². The summed E-state index contributed by atoms with van der Waals surface area (Å²) in [6, 6.07) is 0. The van der Waals surface area contributed by atoms with Crippen molar-refractivity contribution in [3.05, 3.63) is 0 Å². The summed E-state index contributed by atoms with van der Waals surface area (Å²) in [5.74, 6) is 1.73. The first kappa shape index (κ1) is 67.4. The Hall–Kier alpha value is -1.59. The van der Waals surface area contributed by atoms with Gasteiger partial charge in [-0.1, -0.05) is 311 Å². The Kier molecular flexibility index (Phi) is 52.9. The molecule has 0 aromatic rings. The number of esters is 3. The Morgan fingerprint density at radius 3 is 0.754 bits per heavy atom. The van der Waals surface area contributed by atoms with Gasteiger partial charge in [0.15, 0.2) is 6.10 Å². The SMILES string of the molecule is CCC(C)CCCCCCCCCCCCCCCCCCCCC(=O)O[C@@H](COC(=O)CCCCCCCCCCCCCCC(C)C)COC(=O)CCCCCCCCCCCCCC(C)C. The van der Waals surface area contributed by atoms with Crippen LogP contribution in [0.4, 0.5) is 0 Å². The number of unbranched alkanes of at least 4 members (excludes halogenated alkanes) is 38. The fraction of sp³-hybridized carbons (Fsp3) is 0.952. The highest BCUT2D eigenvalue weighted by molar-refractivity contribution is 5.71. The third-order valence-corrected chi connectivity index (χ3v) is 14.8. The van der Waals surface area contributed by atoms with Gasteiger partial charge in [-0.25, -0.2) is 0 Å². The molecule has 410 valence electrons. The second-order valence-corrected chi connectivity index (χ2v) is 22.9. The van der Waals surface area contributed by atoms with Crippen LogP contribution in [0.3, 0.4) is 0 Å². The summed E-state index contributed by atoms with van der Waals surface area (Å²) in [4.78, 5) is 38.2. The molecule has 0 saturated heterocycles. The molecule has 2 atom stereocenters. The molecule has 0 heterocycles. The number of rotatable bonds is 56. The topological polar surface area (TPSA) is 78.9 Å². The van der Waals surface area contributed by atoms with E-state index < -0.39 is 6.10 Å². The molecule has 0 N–H and O–H groups in total. The minimum Gasteiger partial charge on any atom is -0.462 e. The van der Waals surface area contributed by atoms with Crippen LogP contribution in [0.1, 0.15) is 350 Å². The summed E-state index contributed by atoms with van der Waals surface area (Å²) in [5, 5.41) is 0. The Morgan fingerprint density at radius 1 is 0.290 bits per heavy atom. The Bertz CT molecular complexity index is 1070. The van der Waals surface area contributed by atoms with Crippen LogP contribution < -0.4 is 0 Å². The number of carbonyl (C=O) groups excluding carboxylic acids is 3. The van der Waals surface area contributed by atoms with Gasteiger partial charge in [0, 0.05) is 19.3 Å². The predicted octanol–water partition coefficient (Wildman–Crippen LogP) is 20.7. The van der Waals surface area contributed by atoms with Crippen molar-refractivity contribution < 1.29 is 28.6 Å². The lowest BCUT2D eigenvalue weighted by Gasteiger charge is -2.18. The minimum absolute atomic E-state index is 0.0631. The average Bonchev–Trinajstić information content (AvgIpc) is 3.32. The Balaban J connectivity index is 4.26. The molecular formula is C63H122O6. The third-order valence-electron chi connectivity index (χ3n) is 14.8. The van der Waals surface area contributed by atoms with Crippen molar-refractivity contribution in [1.82, 2.24) is 0 Å². The standard InChI is InChI=1S/C63H122O6/c1-7-59(6)51-45-39-33-27-21-14-12-10-8-9-11-13-15-23-30-36-42-48-54-63(66)69-60(56-68-62(65)53-47-41-35-29-24-18-20-26-32-38-44-50-58(4)5)55-67-61(64)52-46-40-34-28-22-17-16-19-25-31-37-43-49-57(2)3/h57-60H,7-56H2,1-6H3/t59?,60-/m0/s1. The summed E-state index contributed by atoms with van der Waals surface area (Å²) in [5.41, 5.74) is 0. The van der Waals surface area contributed by atoms with E-state index in [4.69, 9.17) is 14.2 Å². The van der Waals surface area contributed by atoms with Gasteiger partial charge in [0.25, 0.3) is 0 Å². The average molecular weight is 976 g/mol. The maximum Gasteiger partial charge on any atom is 0.306 e. The maximum atomic E-state index is 12.9. The lowest BCUT2D eigenvalue weighted by Crippen LogP contribution is -2.30. The second-order valence-electron chi connectivity index (χ2n) is 22.9. The number of carbonyl (C=O) groups is 3. The molecule has 0 bridgehead atoms. The van der Waals surface area contributed by atoms with Gasteiger partial charge in [0.05, 0.1) is 0 Å². The highest BCUT2D eigenvalue weighted by Gasteiger charge is 2.19. The first-order chi connectivity index (χ1) is 33.6. The molecule has 0 fully saturated rings. The van der Waals surface area contributed by atoms with Crippen molar-refractivity contribution in [2.45, 2.75) is 356 Å². The van der Waals surface area contributed by atoms with Crippen LogP contribution in [-0.4, -0.2) is 37.2 Å². The van der Waals surface area contributed by atoms with Crippen LogP contribution >= 0.6 is 0 Å². The highest BCUT2D eigenvalue weighted by Crippen LogP contribution is 2.19. The molecule has 0 spiro atoms. The molecule has 0 amide bonds. The van der Waals surface area contributed by atoms with E-state index in [0.29, 0.717) is 19.3 Å². The van der Waals surface area contributed by atoms with E-state index in [0.717, 1.165) is 75.5 Å². The van der Waals surface area contributed by atoms with E-state index in [1.54, 1.807) is 0 Å². The third kappa shape index (κ3) is 55.6. The Labute approximate surface area is 431 Å². The van der Waals surface area contributed by atoms with E-state index in [1.165, 1.54) is 231 Å². The summed E-state index contributed by atoms with van der Waals surface area (Å²) in [7, 11) is 0. The molecule has 1 unspecified atom stereocenters. The van der Waals surface area contributed by atoms with Crippen LogP contribution in [0, 0.1) is 17.8 Å². The highest BCUT2D eigenvalue weighted by atomic mass is 16.6. The van der Waals surface area contributed by atoms with Crippen molar-refractivity contribution in [3.63, 3.8) is 0 Å². The molecular weight excluding hydrogens is 853 g/mol. The van der Waals surface area contributed by atoms with Gasteiger partial charge in [-0.15, -0.1) is 0 Å². The van der Waals surface area contributed by atoms with Crippen molar-refractivity contribution >= 4 is 17.9 Å².